The zero-order valence-corrected chi connectivity index (χ0v) is 18.1. The van der Waals surface area contributed by atoms with Crippen LogP contribution in [0.4, 0.5) is 0 Å². The Kier molecular flexibility index (Phi) is 4.95. The summed E-state index contributed by atoms with van der Waals surface area (Å²) < 4.78 is 10.7. The van der Waals surface area contributed by atoms with Crippen LogP contribution in [0, 0.1) is 6.92 Å². The Balaban J connectivity index is 1.51. The molecule has 33 heavy (non-hydrogen) atoms. The van der Waals surface area contributed by atoms with Gasteiger partial charge >= 0.3 is 11.6 Å². The smallest absolute Gasteiger partial charge is 0.339 e. The molecule has 5 rings (SSSR count). The third-order valence-electron chi connectivity index (χ3n) is 5.64. The van der Waals surface area contributed by atoms with E-state index < -0.39 is 17.4 Å². The molecule has 0 unspecified atom stereocenters. The second kappa shape index (κ2) is 7.83. The molecule has 0 radical (unpaired) electrons. The number of rotatable bonds is 3. The largest absolute Gasteiger partial charge is 0.457 e. The first-order valence-electron chi connectivity index (χ1n) is 10.1. The van der Waals surface area contributed by atoms with Crippen LogP contribution in [-0.2, 0) is 11.3 Å². The van der Waals surface area contributed by atoms with Crippen LogP contribution in [-0.4, -0.2) is 17.5 Å². The van der Waals surface area contributed by atoms with Crippen LogP contribution >= 0.6 is 11.6 Å². The average molecular weight is 459 g/mol. The van der Waals surface area contributed by atoms with Gasteiger partial charge in [-0.2, -0.15) is 0 Å². The first-order valence-corrected chi connectivity index (χ1v) is 10.4. The highest BCUT2D eigenvalue weighted by atomic mass is 35.5. The maximum atomic E-state index is 13.1. The van der Waals surface area contributed by atoms with E-state index in [-0.39, 0.29) is 34.6 Å². The highest BCUT2D eigenvalue weighted by Gasteiger charge is 2.33. The number of hydrogen-bond acceptors (Lipinski definition) is 6. The van der Waals surface area contributed by atoms with Crippen molar-refractivity contribution >= 4 is 40.1 Å². The molecule has 0 saturated heterocycles. The van der Waals surface area contributed by atoms with Gasteiger partial charge in [0.05, 0.1) is 5.56 Å². The van der Waals surface area contributed by atoms with E-state index in [1.54, 1.807) is 43.3 Å². The third-order valence-corrected chi connectivity index (χ3v) is 6.05. The van der Waals surface area contributed by atoms with Crippen molar-refractivity contribution in [3.05, 3.63) is 115 Å². The summed E-state index contributed by atoms with van der Waals surface area (Å²) >= 11 is 6.21. The summed E-state index contributed by atoms with van der Waals surface area (Å²) in [6.45, 7) is 1.53. The van der Waals surface area contributed by atoms with Gasteiger partial charge in [0.15, 0.2) is 11.6 Å². The predicted molar refractivity (Wildman–Crippen MR) is 121 cm³/mol. The van der Waals surface area contributed by atoms with Gasteiger partial charge in [-0.3, -0.25) is 9.59 Å². The summed E-state index contributed by atoms with van der Waals surface area (Å²) in [4.78, 5) is 51.0. The Morgan fingerprint density at radius 3 is 2.36 bits per heavy atom. The molecule has 7 heteroatoms. The van der Waals surface area contributed by atoms with Crippen LogP contribution in [0.2, 0.25) is 5.02 Å². The Labute approximate surface area is 192 Å². The molecule has 0 fully saturated rings. The van der Waals surface area contributed by atoms with Crippen LogP contribution in [0.3, 0.4) is 0 Å². The molecule has 0 N–H and O–H groups in total. The number of fused-ring (bicyclic) bond motifs is 3. The SMILES string of the molecule is Cc1cc2oc(=O)cc(COC(=O)c3cccc4c3C(=O)c3ccccc3C4=O)c2cc1Cl. The fraction of sp³-hybridized carbons (Fsp3) is 0.0769. The van der Waals surface area contributed by atoms with Gasteiger partial charge in [0.2, 0.25) is 0 Å². The number of halogens is 1. The molecule has 0 atom stereocenters. The summed E-state index contributed by atoms with van der Waals surface area (Å²) in [5.74, 6) is -1.53. The Hall–Kier alpha value is -4.03. The van der Waals surface area contributed by atoms with Crippen molar-refractivity contribution < 1.29 is 23.5 Å². The zero-order chi connectivity index (χ0) is 23.3. The quantitative estimate of drug-likeness (QED) is 0.282. The van der Waals surface area contributed by atoms with Crippen LogP contribution in [0.25, 0.3) is 11.0 Å². The molecule has 162 valence electrons. The monoisotopic (exact) mass is 458 g/mol. The van der Waals surface area contributed by atoms with E-state index in [0.717, 1.165) is 5.56 Å². The summed E-state index contributed by atoms with van der Waals surface area (Å²) in [6.07, 6.45) is 0. The topological polar surface area (TPSA) is 90.7 Å². The van der Waals surface area contributed by atoms with Gasteiger partial charge in [0.25, 0.3) is 0 Å². The lowest BCUT2D eigenvalue weighted by molar-refractivity contribution is 0.0471. The van der Waals surface area contributed by atoms with Gasteiger partial charge in [-0.05, 0) is 30.7 Å². The van der Waals surface area contributed by atoms with Crippen LogP contribution in [0.1, 0.15) is 53.3 Å². The second-order valence-electron chi connectivity index (χ2n) is 7.70. The standard InChI is InChI=1S/C26H15ClO6/c1-13-9-21-19(11-20(13)27)14(10-22(28)33-21)12-32-26(31)18-8-4-7-17-23(18)25(30)16-6-3-2-5-15(16)24(17)29/h2-11H,12H2,1H3. The molecule has 1 heterocycles. The molecule has 0 spiro atoms. The fourth-order valence-electron chi connectivity index (χ4n) is 4.00. The molecule has 0 bridgehead atoms. The number of esters is 1. The van der Waals surface area contributed by atoms with Crippen LogP contribution in [0.15, 0.2) is 69.9 Å². The van der Waals surface area contributed by atoms with Gasteiger partial charge in [-0.25, -0.2) is 9.59 Å². The lowest BCUT2D eigenvalue weighted by Gasteiger charge is -2.19. The molecular weight excluding hydrogens is 444 g/mol. The highest BCUT2D eigenvalue weighted by Crippen LogP contribution is 2.30. The van der Waals surface area contributed by atoms with E-state index in [0.29, 0.717) is 27.1 Å². The van der Waals surface area contributed by atoms with Gasteiger partial charge in [-0.1, -0.05) is 48.0 Å². The zero-order valence-electron chi connectivity index (χ0n) is 17.3. The van der Waals surface area contributed by atoms with Crippen molar-refractivity contribution in [1.29, 1.82) is 0 Å². The fourth-order valence-corrected chi connectivity index (χ4v) is 4.17. The van der Waals surface area contributed by atoms with Crippen LogP contribution in [0.5, 0.6) is 0 Å². The molecule has 1 aliphatic carbocycles. The summed E-state index contributed by atoms with van der Waals surface area (Å²) in [5.41, 5.74) is 1.58. The van der Waals surface area contributed by atoms with Crippen molar-refractivity contribution in [3.63, 3.8) is 0 Å². The predicted octanol–water partition coefficient (Wildman–Crippen LogP) is 4.89. The van der Waals surface area contributed by atoms with Crippen LogP contribution < -0.4 is 5.63 Å². The minimum atomic E-state index is -0.785. The van der Waals surface area contributed by atoms with Gasteiger partial charge < -0.3 is 9.15 Å². The Bertz CT molecular complexity index is 1560. The Morgan fingerprint density at radius 1 is 0.909 bits per heavy atom. The second-order valence-corrected chi connectivity index (χ2v) is 8.10. The molecule has 4 aromatic rings. The number of carbonyl (C=O) groups is 3. The molecule has 6 nitrogen and oxygen atoms in total. The lowest BCUT2D eigenvalue weighted by Crippen LogP contribution is -2.24. The summed E-state index contributed by atoms with van der Waals surface area (Å²) in [5, 5.41) is 1.01. The molecule has 0 amide bonds. The molecule has 3 aromatic carbocycles. The molecule has 1 aliphatic rings. The van der Waals surface area contributed by atoms with Crippen molar-refractivity contribution in [1.82, 2.24) is 0 Å². The molecule has 0 saturated carbocycles. The van der Waals surface area contributed by atoms with E-state index in [1.165, 1.54) is 24.3 Å². The maximum absolute atomic E-state index is 13.1. The minimum absolute atomic E-state index is 0.0125. The minimum Gasteiger partial charge on any atom is -0.457 e. The van der Waals surface area contributed by atoms with E-state index in [4.69, 9.17) is 20.8 Å². The Morgan fingerprint density at radius 2 is 1.61 bits per heavy atom. The van der Waals surface area contributed by atoms with Crippen molar-refractivity contribution in [3.8, 4) is 0 Å². The first kappa shape index (κ1) is 20.8. The molecular formula is C26H15ClO6. The number of hydrogen-bond donors (Lipinski definition) is 0. The maximum Gasteiger partial charge on any atom is 0.339 e. The first-order chi connectivity index (χ1) is 15.8. The van der Waals surface area contributed by atoms with Gasteiger partial charge in [0, 0.05) is 44.3 Å². The van der Waals surface area contributed by atoms with Crippen molar-refractivity contribution in [2.75, 3.05) is 0 Å². The highest BCUT2D eigenvalue weighted by molar-refractivity contribution is 6.32. The van der Waals surface area contributed by atoms with E-state index in [1.807, 2.05) is 0 Å². The third kappa shape index (κ3) is 3.45. The average Bonchev–Trinajstić information content (AvgIpc) is 2.81. The summed E-state index contributed by atoms with van der Waals surface area (Å²) in [6, 6.07) is 15.5. The van der Waals surface area contributed by atoms with Crippen molar-refractivity contribution in [2.45, 2.75) is 13.5 Å². The summed E-state index contributed by atoms with van der Waals surface area (Å²) in [7, 11) is 0. The normalized spacial score (nSPS) is 12.4. The number of carbonyl (C=O) groups excluding carboxylic acids is 3. The van der Waals surface area contributed by atoms with E-state index in [9.17, 15) is 19.2 Å². The van der Waals surface area contributed by atoms with E-state index in [2.05, 4.69) is 0 Å². The van der Waals surface area contributed by atoms with Gasteiger partial charge in [0.1, 0.15) is 12.2 Å². The number of benzene rings is 3. The van der Waals surface area contributed by atoms with Gasteiger partial charge in [-0.15, -0.1) is 0 Å². The van der Waals surface area contributed by atoms with E-state index >= 15 is 0 Å². The number of aryl methyl sites for hydroxylation is 1. The lowest BCUT2D eigenvalue weighted by atomic mass is 9.82. The molecule has 0 aliphatic heterocycles. The number of ketones is 2. The molecule has 1 aromatic heterocycles. The number of ether oxygens (including phenoxy) is 1. The van der Waals surface area contributed by atoms with Crippen molar-refractivity contribution in [2.24, 2.45) is 0 Å².